The zero-order valence-electron chi connectivity index (χ0n) is 8.71. The Labute approximate surface area is 79.6 Å². The van der Waals surface area contributed by atoms with Crippen LogP contribution in [-0.2, 0) is 6.42 Å². The van der Waals surface area contributed by atoms with Crippen LogP contribution >= 0.6 is 0 Å². The van der Waals surface area contributed by atoms with E-state index in [1.807, 2.05) is 18.2 Å². The van der Waals surface area contributed by atoms with Crippen LogP contribution in [0.5, 0.6) is 5.75 Å². The van der Waals surface area contributed by atoms with E-state index in [0.29, 0.717) is 12.0 Å². The molecule has 0 amide bonds. The minimum Gasteiger partial charge on any atom is -0.496 e. The average molecular weight is 179 g/mol. The Morgan fingerprint density at radius 2 is 2.46 bits per heavy atom. The van der Waals surface area contributed by atoms with Gasteiger partial charge in [-0.2, -0.15) is 0 Å². The summed E-state index contributed by atoms with van der Waals surface area (Å²) in [6.07, 6.45) is 0.809. The molecule has 0 saturated carbocycles. The van der Waals surface area contributed by atoms with Crippen molar-refractivity contribution in [3.8, 4) is 5.75 Å². The van der Waals surface area contributed by atoms with Crippen LogP contribution in [0.2, 0.25) is 0 Å². The summed E-state index contributed by atoms with van der Waals surface area (Å²) in [7, 11) is 1.62. The van der Waals surface area contributed by atoms with Crippen molar-refractivity contribution in [3.05, 3.63) is 29.3 Å². The average Bonchev–Trinajstić information content (AvgIpc) is 2.17. The number of hydrogen-bond acceptors (Lipinski definition) is 2. The van der Waals surface area contributed by atoms with Gasteiger partial charge < -0.3 is 9.84 Å². The Bertz CT molecular complexity index is 347. The minimum absolute atomic E-state index is 0.507. The van der Waals surface area contributed by atoms with Gasteiger partial charge in [-0.25, -0.2) is 0 Å². The van der Waals surface area contributed by atoms with Gasteiger partial charge in [-0.1, -0.05) is 12.1 Å². The molecule has 2 heteroatoms. The normalized spacial score (nSPS) is 27.7. The lowest BCUT2D eigenvalue weighted by Gasteiger charge is -2.22. The molecule has 0 aromatic heterocycles. The van der Waals surface area contributed by atoms with E-state index in [2.05, 4.69) is 0 Å². The van der Waals surface area contributed by atoms with E-state index in [0.717, 1.165) is 24.2 Å². The van der Waals surface area contributed by atoms with Crippen molar-refractivity contribution in [1.82, 2.24) is 0 Å². The molecule has 2 rings (SSSR count). The molecule has 0 spiro atoms. The van der Waals surface area contributed by atoms with Crippen LogP contribution < -0.4 is 4.74 Å². The van der Waals surface area contributed by atoms with Crippen molar-refractivity contribution in [2.75, 3.05) is 7.11 Å². The van der Waals surface area contributed by atoms with Crippen LogP contribution in [0.4, 0.5) is 0 Å². The van der Waals surface area contributed by atoms with Gasteiger partial charge >= 0.3 is 0 Å². The fourth-order valence-electron chi connectivity index (χ4n) is 1.85. The van der Waals surface area contributed by atoms with E-state index in [9.17, 15) is 5.11 Å². The highest BCUT2D eigenvalue weighted by molar-refractivity contribution is 5.42. The van der Waals surface area contributed by atoms with Crippen LogP contribution in [0.25, 0.3) is 0 Å². The Kier molecular flexibility index (Phi) is 1.92. The van der Waals surface area contributed by atoms with Crippen molar-refractivity contribution >= 4 is 0 Å². The maximum Gasteiger partial charge on any atom is 0.122 e. The molecule has 1 aromatic carbocycles. The van der Waals surface area contributed by atoms with Crippen LogP contribution in [0.3, 0.4) is 0 Å². The molecular formula is C11H14O2. The van der Waals surface area contributed by atoms with Gasteiger partial charge in [0.25, 0.3) is 0 Å². The third-order valence-electron chi connectivity index (χ3n) is 2.50. The summed E-state index contributed by atoms with van der Waals surface area (Å²) >= 11 is 0. The highest BCUT2D eigenvalue weighted by atomic mass is 16.5. The van der Waals surface area contributed by atoms with Gasteiger partial charge in [0.05, 0.1) is 14.6 Å². The number of ether oxygens (including phenoxy) is 1. The highest BCUT2D eigenvalue weighted by Gasteiger charge is 2.20. The molecule has 1 aliphatic rings. The molecule has 0 fully saturated rings. The summed E-state index contributed by atoms with van der Waals surface area (Å²) in [5.74, 6) is 0.785. The van der Waals surface area contributed by atoms with E-state index in [-0.39, 0.29) is 0 Å². The molecule has 1 aromatic rings. The third kappa shape index (κ3) is 1.42. The van der Waals surface area contributed by atoms with E-state index in [1.54, 1.807) is 7.11 Å². The standard InChI is InChI=1S/C11H14O2/c1-13-11-7-3-4-8-9(11)5-2-6-10(8)12/h3-4,7,10,12H,2,5-6H2,1H3/i10D. The maximum atomic E-state index is 9.86. The van der Waals surface area contributed by atoms with E-state index < -0.39 is 6.08 Å². The molecule has 0 saturated heterocycles. The zero-order chi connectivity index (χ0) is 10.2. The van der Waals surface area contributed by atoms with Crippen molar-refractivity contribution in [3.63, 3.8) is 0 Å². The summed E-state index contributed by atoms with van der Waals surface area (Å²) in [5, 5.41) is 9.86. The fourth-order valence-corrected chi connectivity index (χ4v) is 1.85. The highest BCUT2D eigenvalue weighted by Crippen LogP contribution is 2.34. The predicted octanol–water partition coefficient (Wildman–Crippen LogP) is 2.06. The smallest absolute Gasteiger partial charge is 0.122 e. The predicted molar refractivity (Wildman–Crippen MR) is 50.9 cm³/mol. The molecule has 1 unspecified atom stereocenters. The van der Waals surface area contributed by atoms with Crippen molar-refractivity contribution in [1.29, 1.82) is 0 Å². The second-order valence-corrected chi connectivity index (χ2v) is 3.29. The van der Waals surface area contributed by atoms with Crippen LogP contribution in [0, 0.1) is 0 Å². The summed E-state index contributed by atoms with van der Waals surface area (Å²) in [6, 6.07) is 5.51. The first-order chi connectivity index (χ1) is 6.65. The molecule has 0 radical (unpaired) electrons. The lowest BCUT2D eigenvalue weighted by Crippen LogP contribution is -2.10. The van der Waals surface area contributed by atoms with Crippen LogP contribution in [0.15, 0.2) is 18.2 Å². The van der Waals surface area contributed by atoms with E-state index >= 15 is 0 Å². The maximum absolute atomic E-state index is 9.86. The number of fused-ring (bicyclic) bond motifs is 1. The second-order valence-electron chi connectivity index (χ2n) is 3.29. The Balaban J connectivity index is 2.55. The molecule has 13 heavy (non-hydrogen) atoms. The zero-order valence-corrected chi connectivity index (χ0v) is 7.71. The molecule has 1 N–H and O–H groups in total. The monoisotopic (exact) mass is 179 g/mol. The lowest BCUT2D eigenvalue weighted by molar-refractivity contribution is 0.155. The van der Waals surface area contributed by atoms with Gasteiger partial charge in [-0.3, -0.25) is 0 Å². The number of hydrogen-bond donors (Lipinski definition) is 1. The number of aliphatic hydroxyl groups is 1. The van der Waals surface area contributed by atoms with Gasteiger partial charge in [-0.15, -0.1) is 0 Å². The lowest BCUT2D eigenvalue weighted by atomic mass is 9.89. The summed E-state index contributed by atoms with van der Waals surface area (Å²) in [4.78, 5) is 0. The van der Waals surface area contributed by atoms with E-state index in [1.165, 1.54) is 0 Å². The topological polar surface area (TPSA) is 29.5 Å². The van der Waals surface area contributed by atoms with Crippen molar-refractivity contribution in [2.45, 2.75) is 25.3 Å². The van der Waals surface area contributed by atoms with Crippen LogP contribution in [-0.4, -0.2) is 12.2 Å². The van der Waals surface area contributed by atoms with Crippen LogP contribution in [0.1, 0.15) is 31.4 Å². The molecule has 0 bridgehead atoms. The molecular weight excluding hydrogens is 164 g/mol. The summed E-state index contributed by atoms with van der Waals surface area (Å²) in [5.41, 5.74) is 1.68. The quantitative estimate of drug-likeness (QED) is 0.715. The number of benzene rings is 1. The summed E-state index contributed by atoms with van der Waals surface area (Å²) in [6.45, 7) is 0. The Morgan fingerprint density at radius 3 is 3.23 bits per heavy atom. The third-order valence-corrected chi connectivity index (χ3v) is 2.50. The fraction of sp³-hybridized carbons (Fsp3) is 0.455. The Hall–Kier alpha value is -1.02. The first-order valence-corrected chi connectivity index (χ1v) is 4.54. The Morgan fingerprint density at radius 1 is 1.62 bits per heavy atom. The van der Waals surface area contributed by atoms with E-state index in [4.69, 9.17) is 6.11 Å². The first kappa shape index (κ1) is 7.39. The molecule has 0 heterocycles. The molecule has 0 aliphatic heterocycles. The number of methoxy groups -OCH3 is 1. The largest absolute Gasteiger partial charge is 0.496 e. The SMILES string of the molecule is [2H]C1(O)CCCc2c(OC)cccc21. The first-order valence-electron chi connectivity index (χ1n) is 5.04. The number of rotatable bonds is 1. The van der Waals surface area contributed by atoms with Gasteiger partial charge in [0.15, 0.2) is 0 Å². The summed E-state index contributed by atoms with van der Waals surface area (Å²) < 4.78 is 13.0. The van der Waals surface area contributed by atoms with Gasteiger partial charge in [0.2, 0.25) is 0 Å². The minimum atomic E-state index is -1.43. The van der Waals surface area contributed by atoms with Crippen molar-refractivity contribution < 1.29 is 11.2 Å². The van der Waals surface area contributed by atoms with Gasteiger partial charge in [-0.05, 0) is 36.5 Å². The molecule has 2 nitrogen and oxygen atoms in total. The molecule has 70 valence electrons. The second kappa shape index (κ2) is 3.38. The van der Waals surface area contributed by atoms with Gasteiger partial charge in [0.1, 0.15) is 5.75 Å². The molecule has 1 aliphatic carbocycles. The van der Waals surface area contributed by atoms with Crippen molar-refractivity contribution in [2.24, 2.45) is 0 Å². The molecule has 1 atom stereocenters. The van der Waals surface area contributed by atoms with Gasteiger partial charge in [0, 0.05) is 0 Å².